The Morgan fingerprint density at radius 1 is 0.929 bits per heavy atom. The minimum Gasteiger partial charge on any atom is -0.493 e. The molecule has 0 spiro atoms. The summed E-state index contributed by atoms with van der Waals surface area (Å²) < 4.78 is 16.4. The minimum absolute atomic E-state index is 0.172. The molecule has 6 nitrogen and oxygen atoms in total. The normalized spacial score (nSPS) is 10.5. The molecule has 6 heteroatoms. The number of hydrazone groups is 1. The summed E-state index contributed by atoms with van der Waals surface area (Å²) in [5.41, 5.74) is 3.22. The summed E-state index contributed by atoms with van der Waals surface area (Å²) in [5, 5.41) is 3.95. The van der Waals surface area contributed by atoms with Gasteiger partial charge in [-0.15, -0.1) is 0 Å². The second kappa shape index (κ2) is 9.78. The van der Waals surface area contributed by atoms with Gasteiger partial charge in [0.05, 0.1) is 13.3 Å². The molecule has 142 valence electrons. The molecule has 3 rings (SSSR count). The van der Waals surface area contributed by atoms with Gasteiger partial charge in [-0.05, 0) is 42.0 Å². The van der Waals surface area contributed by atoms with Gasteiger partial charge in [-0.2, -0.15) is 5.10 Å². The number of nitrogens with zero attached hydrogens (tertiary/aromatic N) is 1. The summed E-state index contributed by atoms with van der Waals surface area (Å²) in [4.78, 5) is 11.9. The van der Waals surface area contributed by atoms with Crippen LogP contribution in [0.5, 0.6) is 23.0 Å². The molecule has 0 aromatic heterocycles. The Kier molecular flexibility index (Phi) is 6.62. The lowest BCUT2D eigenvalue weighted by Gasteiger charge is -2.09. The van der Waals surface area contributed by atoms with Crippen molar-refractivity contribution in [3.8, 4) is 23.0 Å². The van der Waals surface area contributed by atoms with Gasteiger partial charge in [0.2, 0.25) is 0 Å². The summed E-state index contributed by atoms with van der Waals surface area (Å²) in [6.45, 7) is -0.172. The number of methoxy groups -OCH3 is 1. The van der Waals surface area contributed by atoms with Crippen molar-refractivity contribution in [2.45, 2.75) is 0 Å². The minimum atomic E-state index is -0.376. The number of benzene rings is 3. The van der Waals surface area contributed by atoms with Gasteiger partial charge < -0.3 is 14.2 Å². The topological polar surface area (TPSA) is 69.2 Å². The summed E-state index contributed by atoms with van der Waals surface area (Å²) in [6, 6.07) is 24.0. The van der Waals surface area contributed by atoms with Crippen LogP contribution in [0, 0.1) is 0 Å². The Labute approximate surface area is 163 Å². The molecule has 28 heavy (non-hydrogen) atoms. The quantitative estimate of drug-likeness (QED) is 0.476. The second-order valence-electron chi connectivity index (χ2n) is 5.72. The molecule has 0 unspecified atom stereocenters. The number of hydrogen-bond acceptors (Lipinski definition) is 5. The maximum absolute atomic E-state index is 11.9. The average Bonchev–Trinajstić information content (AvgIpc) is 2.73. The number of para-hydroxylation sites is 3. The molecule has 0 fully saturated rings. The first-order chi connectivity index (χ1) is 13.7. The number of hydrogen-bond donors (Lipinski definition) is 1. The average molecular weight is 376 g/mol. The Morgan fingerprint density at radius 3 is 2.43 bits per heavy atom. The van der Waals surface area contributed by atoms with E-state index in [0.29, 0.717) is 17.2 Å². The molecule has 0 atom stereocenters. The summed E-state index contributed by atoms with van der Waals surface area (Å²) in [6.07, 6.45) is 1.54. The lowest BCUT2D eigenvalue weighted by Crippen LogP contribution is -2.24. The first kappa shape index (κ1) is 19.0. The zero-order valence-corrected chi connectivity index (χ0v) is 15.4. The lowest BCUT2D eigenvalue weighted by molar-refractivity contribution is -0.123. The van der Waals surface area contributed by atoms with Gasteiger partial charge in [0.25, 0.3) is 5.91 Å². The number of nitrogens with one attached hydrogen (secondary N) is 1. The van der Waals surface area contributed by atoms with E-state index in [1.807, 2.05) is 60.7 Å². The molecule has 0 aliphatic heterocycles. The monoisotopic (exact) mass is 376 g/mol. The Bertz CT molecular complexity index is 942. The molecular weight excluding hydrogens is 356 g/mol. The van der Waals surface area contributed by atoms with Crippen LogP contribution in [-0.4, -0.2) is 25.8 Å². The first-order valence-corrected chi connectivity index (χ1v) is 8.65. The molecule has 1 amide bonds. The van der Waals surface area contributed by atoms with Crippen molar-refractivity contribution in [2.75, 3.05) is 13.7 Å². The molecule has 0 aliphatic rings. The van der Waals surface area contributed by atoms with Crippen LogP contribution in [0.15, 0.2) is 84.0 Å². The third-order valence-corrected chi connectivity index (χ3v) is 3.67. The SMILES string of the molecule is COc1ccccc1OCC(=O)N/N=C/c1cccc(Oc2ccccc2)c1. The maximum Gasteiger partial charge on any atom is 0.277 e. The fraction of sp³-hybridized carbons (Fsp3) is 0.0909. The van der Waals surface area contributed by atoms with Crippen molar-refractivity contribution in [2.24, 2.45) is 5.10 Å². The van der Waals surface area contributed by atoms with Crippen molar-refractivity contribution in [3.05, 3.63) is 84.4 Å². The van der Waals surface area contributed by atoms with Crippen molar-refractivity contribution >= 4 is 12.1 Å². The van der Waals surface area contributed by atoms with Crippen molar-refractivity contribution in [1.82, 2.24) is 5.43 Å². The van der Waals surface area contributed by atoms with E-state index in [0.717, 1.165) is 11.3 Å². The molecule has 3 aromatic carbocycles. The van der Waals surface area contributed by atoms with E-state index in [9.17, 15) is 4.79 Å². The fourth-order valence-electron chi connectivity index (χ4n) is 2.38. The standard InChI is InChI=1S/C22H20N2O4/c1-26-20-12-5-6-13-21(20)27-16-22(25)24-23-15-17-8-7-11-19(14-17)28-18-9-3-2-4-10-18/h2-15H,16H2,1H3,(H,24,25)/b23-15+. The first-order valence-electron chi connectivity index (χ1n) is 8.65. The second-order valence-corrected chi connectivity index (χ2v) is 5.72. The molecular formula is C22H20N2O4. The molecule has 0 saturated carbocycles. The molecule has 3 aromatic rings. The van der Waals surface area contributed by atoms with Crippen LogP contribution in [0.3, 0.4) is 0 Å². The maximum atomic E-state index is 11.9. The van der Waals surface area contributed by atoms with E-state index >= 15 is 0 Å². The Morgan fingerprint density at radius 2 is 1.64 bits per heavy atom. The van der Waals surface area contributed by atoms with Crippen LogP contribution in [0.4, 0.5) is 0 Å². The van der Waals surface area contributed by atoms with Crippen molar-refractivity contribution in [1.29, 1.82) is 0 Å². The highest BCUT2D eigenvalue weighted by molar-refractivity contribution is 5.83. The highest BCUT2D eigenvalue weighted by Crippen LogP contribution is 2.25. The van der Waals surface area contributed by atoms with E-state index in [1.54, 1.807) is 31.5 Å². The highest BCUT2D eigenvalue weighted by Gasteiger charge is 2.06. The van der Waals surface area contributed by atoms with Gasteiger partial charge in [0.1, 0.15) is 11.5 Å². The van der Waals surface area contributed by atoms with Crippen LogP contribution < -0.4 is 19.6 Å². The van der Waals surface area contributed by atoms with Gasteiger partial charge in [-0.25, -0.2) is 5.43 Å². The van der Waals surface area contributed by atoms with E-state index in [1.165, 1.54) is 0 Å². The van der Waals surface area contributed by atoms with E-state index in [2.05, 4.69) is 10.5 Å². The molecule has 0 bridgehead atoms. The van der Waals surface area contributed by atoms with Crippen LogP contribution in [0.2, 0.25) is 0 Å². The lowest BCUT2D eigenvalue weighted by atomic mass is 10.2. The van der Waals surface area contributed by atoms with Crippen LogP contribution in [-0.2, 0) is 4.79 Å². The number of amides is 1. The number of rotatable bonds is 8. The molecule has 0 heterocycles. The fourth-order valence-corrected chi connectivity index (χ4v) is 2.38. The number of ether oxygens (including phenoxy) is 3. The summed E-state index contributed by atoms with van der Waals surface area (Å²) in [5.74, 6) is 2.11. The van der Waals surface area contributed by atoms with Gasteiger partial charge in [0, 0.05) is 0 Å². The predicted octanol–water partition coefficient (Wildman–Crippen LogP) is 4.02. The van der Waals surface area contributed by atoms with Crippen LogP contribution >= 0.6 is 0 Å². The van der Waals surface area contributed by atoms with Gasteiger partial charge in [-0.3, -0.25) is 4.79 Å². The van der Waals surface area contributed by atoms with Gasteiger partial charge in [-0.1, -0.05) is 42.5 Å². The van der Waals surface area contributed by atoms with Crippen LogP contribution in [0.1, 0.15) is 5.56 Å². The van der Waals surface area contributed by atoms with E-state index in [-0.39, 0.29) is 12.5 Å². The summed E-state index contributed by atoms with van der Waals surface area (Å²) in [7, 11) is 1.54. The number of carbonyl (C=O) groups excluding carboxylic acids is 1. The molecule has 1 N–H and O–H groups in total. The largest absolute Gasteiger partial charge is 0.493 e. The number of carbonyl (C=O) groups is 1. The zero-order chi connectivity index (χ0) is 19.6. The predicted molar refractivity (Wildman–Crippen MR) is 107 cm³/mol. The van der Waals surface area contributed by atoms with Crippen LogP contribution in [0.25, 0.3) is 0 Å². The van der Waals surface area contributed by atoms with Gasteiger partial charge >= 0.3 is 0 Å². The van der Waals surface area contributed by atoms with E-state index in [4.69, 9.17) is 14.2 Å². The highest BCUT2D eigenvalue weighted by atomic mass is 16.5. The Hall–Kier alpha value is -3.80. The summed E-state index contributed by atoms with van der Waals surface area (Å²) >= 11 is 0. The Balaban J connectivity index is 1.51. The van der Waals surface area contributed by atoms with Crippen molar-refractivity contribution < 1.29 is 19.0 Å². The zero-order valence-electron chi connectivity index (χ0n) is 15.4. The third kappa shape index (κ3) is 5.60. The van der Waals surface area contributed by atoms with E-state index < -0.39 is 0 Å². The molecule has 0 radical (unpaired) electrons. The van der Waals surface area contributed by atoms with Gasteiger partial charge in [0.15, 0.2) is 18.1 Å². The molecule has 0 aliphatic carbocycles. The van der Waals surface area contributed by atoms with Crippen molar-refractivity contribution in [3.63, 3.8) is 0 Å². The third-order valence-electron chi connectivity index (χ3n) is 3.67. The smallest absolute Gasteiger partial charge is 0.277 e. The molecule has 0 saturated heterocycles.